The van der Waals surface area contributed by atoms with E-state index >= 15 is 0 Å². The summed E-state index contributed by atoms with van der Waals surface area (Å²) in [5.74, 6) is -1.30. The third-order valence-electron chi connectivity index (χ3n) is 4.72. The molecule has 1 aliphatic carbocycles. The Morgan fingerprint density at radius 3 is 2.57 bits per heavy atom. The zero-order chi connectivity index (χ0) is 16.6. The van der Waals surface area contributed by atoms with Gasteiger partial charge in [0.2, 0.25) is 0 Å². The number of carbonyl (C=O) groups is 2. The van der Waals surface area contributed by atoms with Gasteiger partial charge in [0, 0.05) is 18.2 Å². The first-order chi connectivity index (χ1) is 11.0. The van der Waals surface area contributed by atoms with E-state index in [-0.39, 0.29) is 23.3 Å². The number of aliphatic hydroxyl groups excluding tert-OH is 1. The van der Waals surface area contributed by atoms with Gasteiger partial charge in [0.05, 0.1) is 11.3 Å². The molecule has 1 aromatic heterocycles. The van der Waals surface area contributed by atoms with Crippen molar-refractivity contribution < 1.29 is 14.7 Å². The van der Waals surface area contributed by atoms with Gasteiger partial charge in [-0.2, -0.15) is 0 Å². The Kier molecular flexibility index (Phi) is 4.20. The fraction of sp³-hybridized carbons (Fsp3) is 0.500. The second kappa shape index (κ2) is 6.14. The Morgan fingerprint density at radius 1 is 1.30 bits per heavy atom. The first-order valence-corrected chi connectivity index (χ1v) is 8.23. The quantitative estimate of drug-likeness (QED) is 0.927. The first kappa shape index (κ1) is 15.7. The molecule has 1 aromatic rings. The van der Waals surface area contributed by atoms with Crippen LogP contribution in [0.25, 0.3) is 0 Å². The van der Waals surface area contributed by atoms with Crippen LogP contribution in [0.2, 0.25) is 0 Å². The van der Waals surface area contributed by atoms with E-state index in [0.717, 1.165) is 25.7 Å². The Hall–Kier alpha value is -2.17. The average Bonchev–Trinajstić information content (AvgIpc) is 3.15. The molecule has 2 aliphatic rings. The van der Waals surface area contributed by atoms with E-state index in [9.17, 15) is 14.7 Å². The van der Waals surface area contributed by atoms with Crippen LogP contribution in [0.3, 0.4) is 0 Å². The van der Waals surface area contributed by atoms with E-state index < -0.39 is 17.7 Å². The number of hydrogen-bond donors (Lipinski definition) is 1. The molecule has 2 heterocycles. The van der Waals surface area contributed by atoms with Crippen molar-refractivity contribution in [3.8, 4) is 0 Å². The first-order valence-electron chi connectivity index (χ1n) is 8.23. The van der Waals surface area contributed by atoms with Crippen molar-refractivity contribution in [2.75, 3.05) is 0 Å². The van der Waals surface area contributed by atoms with Crippen molar-refractivity contribution in [1.82, 2.24) is 9.88 Å². The van der Waals surface area contributed by atoms with Crippen molar-refractivity contribution in [3.63, 3.8) is 0 Å². The highest BCUT2D eigenvalue weighted by Crippen LogP contribution is 2.42. The summed E-state index contributed by atoms with van der Waals surface area (Å²) in [6.07, 6.45) is 5.60. The number of aliphatic hydroxyl groups is 1. The van der Waals surface area contributed by atoms with Gasteiger partial charge in [-0.25, -0.2) is 0 Å². The van der Waals surface area contributed by atoms with Gasteiger partial charge in [-0.3, -0.25) is 14.6 Å². The Balaban J connectivity index is 2.08. The SMILES string of the molecule is CC(C)C(=O)C1=C(O)C(=O)N(C2CCCC2)C1c1ccccn1. The maximum atomic E-state index is 12.7. The van der Waals surface area contributed by atoms with E-state index in [1.165, 1.54) is 0 Å². The maximum Gasteiger partial charge on any atom is 0.290 e. The molecule has 0 saturated heterocycles. The zero-order valence-corrected chi connectivity index (χ0v) is 13.5. The second-order valence-corrected chi connectivity index (χ2v) is 6.59. The molecule has 5 nitrogen and oxygen atoms in total. The number of amides is 1. The summed E-state index contributed by atoms with van der Waals surface area (Å²) in [5, 5.41) is 10.4. The third kappa shape index (κ3) is 2.64. The van der Waals surface area contributed by atoms with Crippen molar-refractivity contribution in [1.29, 1.82) is 0 Å². The predicted molar refractivity (Wildman–Crippen MR) is 85.6 cm³/mol. The highest BCUT2D eigenvalue weighted by molar-refractivity contribution is 6.09. The van der Waals surface area contributed by atoms with Gasteiger partial charge in [-0.05, 0) is 25.0 Å². The van der Waals surface area contributed by atoms with Crippen molar-refractivity contribution in [2.45, 2.75) is 51.6 Å². The summed E-state index contributed by atoms with van der Waals surface area (Å²) in [6.45, 7) is 3.56. The molecule has 0 bridgehead atoms. The maximum absolute atomic E-state index is 12.7. The van der Waals surface area contributed by atoms with Crippen molar-refractivity contribution >= 4 is 11.7 Å². The number of pyridine rings is 1. The molecular weight excluding hydrogens is 292 g/mol. The van der Waals surface area contributed by atoms with Crippen LogP contribution >= 0.6 is 0 Å². The molecule has 1 unspecified atom stereocenters. The number of aromatic nitrogens is 1. The summed E-state index contributed by atoms with van der Waals surface area (Å²) in [6, 6.07) is 4.95. The summed E-state index contributed by atoms with van der Waals surface area (Å²) in [4.78, 5) is 31.3. The van der Waals surface area contributed by atoms with E-state index in [4.69, 9.17) is 0 Å². The fourth-order valence-corrected chi connectivity index (χ4v) is 3.57. The second-order valence-electron chi connectivity index (χ2n) is 6.59. The van der Waals surface area contributed by atoms with Crippen LogP contribution in [0.1, 0.15) is 51.3 Å². The van der Waals surface area contributed by atoms with Crippen LogP contribution in [0.4, 0.5) is 0 Å². The van der Waals surface area contributed by atoms with Crippen LogP contribution in [0.5, 0.6) is 0 Å². The zero-order valence-electron chi connectivity index (χ0n) is 13.5. The summed E-state index contributed by atoms with van der Waals surface area (Å²) < 4.78 is 0. The van der Waals surface area contributed by atoms with Crippen LogP contribution in [-0.2, 0) is 9.59 Å². The van der Waals surface area contributed by atoms with Gasteiger partial charge < -0.3 is 10.0 Å². The summed E-state index contributed by atoms with van der Waals surface area (Å²) >= 11 is 0. The van der Waals surface area contributed by atoms with Gasteiger partial charge in [-0.1, -0.05) is 32.8 Å². The summed E-state index contributed by atoms with van der Waals surface area (Å²) in [5.41, 5.74) is 0.844. The van der Waals surface area contributed by atoms with Crippen LogP contribution in [0, 0.1) is 5.92 Å². The fourth-order valence-electron chi connectivity index (χ4n) is 3.57. The number of Topliss-reactive ketones (excluding diaryl/α,β-unsaturated/α-hetero) is 1. The minimum absolute atomic E-state index is 0.0640. The normalized spacial score (nSPS) is 22.5. The molecule has 3 rings (SSSR count). The molecule has 5 heteroatoms. The van der Waals surface area contributed by atoms with E-state index in [1.807, 2.05) is 12.1 Å². The molecule has 1 aliphatic heterocycles. The van der Waals surface area contributed by atoms with Crippen LogP contribution in [-0.4, -0.2) is 32.7 Å². The number of ketones is 1. The molecule has 122 valence electrons. The molecular formula is C18H22N2O3. The van der Waals surface area contributed by atoms with Gasteiger partial charge in [0.25, 0.3) is 5.91 Å². The molecule has 1 saturated carbocycles. The number of rotatable bonds is 4. The smallest absolute Gasteiger partial charge is 0.290 e. The summed E-state index contributed by atoms with van der Waals surface area (Å²) in [7, 11) is 0. The molecule has 1 N–H and O–H groups in total. The lowest BCUT2D eigenvalue weighted by Crippen LogP contribution is -2.39. The van der Waals surface area contributed by atoms with Gasteiger partial charge >= 0.3 is 0 Å². The molecule has 0 radical (unpaired) electrons. The number of hydrogen-bond acceptors (Lipinski definition) is 4. The molecule has 1 amide bonds. The molecule has 0 spiro atoms. The monoisotopic (exact) mass is 314 g/mol. The average molecular weight is 314 g/mol. The van der Waals surface area contributed by atoms with E-state index in [1.54, 1.807) is 31.0 Å². The van der Waals surface area contributed by atoms with Gasteiger partial charge in [0.1, 0.15) is 6.04 Å². The lowest BCUT2D eigenvalue weighted by atomic mass is 9.93. The minimum Gasteiger partial charge on any atom is -0.503 e. The van der Waals surface area contributed by atoms with Gasteiger partial charge in [0.15, 0.2) is 11.5 Å². The lowest BCUT2D eigenvalue weighted by Gasteiger charge is -2.31. The lowest BCUT2D eigenvalue weighted by molar-refractivity contribution is -0.131. The van der Waals surface area contributed by atoms with Crippen molar-refractivity contribution in [3.05, 3.63) is 41.4 Å². The van der Waals surface area contributed by atoms with Crippen molar-refractivity contribution in [2.24, 2.45) is 5.92 Å². The highest BCUT2D eigenvalue weighted by Gasteiger charge is 2.47. The van der Waals surface area contributed by atoms with E-state index in [2.05, 4.69) is 4.98 Å². The predicted octanol–water partition coefficient (Wildman–Crippen LogP) is 2.94. The standard InChI is InChI=1S/C18H22N2O3/c1-11(2)16(21)14-15(13-9-5-6-10-19-13)20(18(23)17(14)22)12-7-3-4-8-12/h5-6,9-12,15,22H,3-4,7-8H2,1-2H3. The van der Waals surface area contributed by atoms with Crippen LogP contribution < -0.4 is 0 Å². The Morgan fingerprint density at radius 2 is 2.00 bits per heavy atom. The topological polar surface area (TPSA) is 70.5 Å². The number of nitrogens with zero attached hydrogens (tertiary/aromatic N) is 2. The molecule has 0 aromatic carbocycles. The Bertz CT molecular complexity index is 645. The Labute approximate surface area is 136 Å². The molecule has 1 atom stereocenters. The third-order valence-corrected chi connectivity index (χ3v) is 4.72. The number of carbonyl (C=O) groups excluding carboxylic acids is 2. The van der Waals surface area contributed by atoms with Crippen LogP contribution in [0.15, 0.2) is 35.7 Å². The van der Waals surface area contributed by atoms with E-state index in [0.29, 0.717) is 5.69 Å². The molecule has 1 fully saturated rings. The highest BCUT2D eigenvalue weighted by atomic mass is 16.3. The molecule has 23 heavy (non-hydrogen) atoms. The minimum atomic E-state index is -0.568. The largest absolute Gasteiger partial charge is 0.503 e. The van der Waals surface area contributed by atoms with Gasteiger partial charge in [-0.15, -0.1) is 0 Å².